The minimum Gasteiger partial charge on any atom is -0.367 e. The van der Waals surface area contributed by atoms with E-state index in [0.717, 1.165) is 37.6 Å². The van der Waals surface area contributed by atoms with E-state index in [1.165, 1.54) is 12.8 Å². The second-order valence-electron chi connectivity index (χ2n) is 5.83. The van der Waals surface area contributed by atoms with Crippen LogP contribution < -0.4 is 16.2 Å². The summed E-state index contributed by atoms with van der Waals surface area (Å²) in [6.45, 7) is 4.35. The standard InChI is InChI=1S/C14H22N4O/c1-9(11-3-2-6-15-8-11)16-12-7-13(19)18-14(17-12)10-4-5-10/h7,9-11,15H,2-6,8H2,1H3,(H2,16,17,18,19). The van der Waals surface area contributed by atoms with Crippen molar-refractivity contribution in [3.63, 3.8) is 0 Å². The Hall–Kier alpha value is -1.36. The van der Waals surface area contributed by atoms with Gasteiger partial charge in [-0.25, -0.2) is 4.98 Å². The number of aromatic amines is 1. The van der Waals surface area contributed by atoms with E-state index in [-0.39, 0.29) is 5.56 Å². The normalized spacial score (nSPS) is 25.0. The number of rotatable bonds is 4. The second kappa shape index (κ2) is 5.33. The molecule has 19 heavy (non-hydrogen) atoms. The fraction of sp³-hybridized carbons (Fsp3) is 0.714. The average molecular weight is 262 g/mol. The number of piperidine rings is 1. The Morgan fingerprint density at radius 1 is 1.42 bits per heavy atom. The largest absolute Gasteiger partial charge is 0.367 e. The predicted octanol–water partition coefficient (Wildman–Crippen LogP) is 1.45. The molecule has 0 spiro atoms. The van der Waals surface area contributed by atoms with Crippen LogP contribution in [0.5, 0.6) is 0 Å². The maximum Gasteiger partial charge on any atom is 0.252 e. The van der Waals surface area contributed by atoms with Gasteiger partial charge in [0.1, 0.15) is 11.6 Å². The number of aromatic nitrogens is 2. The lowest BCUT2D eigenvalue weighted by Gasteiger charge is -2.29. The van der Waals surface area contributed by atoms with Crippen molar-refractivity contribution >= 4 is 5.82 Å². The molecule has 2 heterocycles. The molecule has 2 aliphatic rings. The molecule has 0 bridgehead atoms. The number of H-pyrrole nitrogens is 1. The van der Waals surface area contributed by atoms with Gasteiger partial charge >= 0.3 is 0 Å². The molecule has 5 heteroatoms. The van der Waals surface area contributed by atoms with Crippen molar-refractivity contribution in [1.82, 2.24) is 15.3 Å². The molecule has 1 aromatic rings. The zero-order valence-corrected chi connectivity index (χ0v) is 11.4. The average Bonchev–Trinajstić information content (AvgIpc) is 3.23. The predicted molar refractivity (Wildman–Crippen MR) is 75.5 cm³/mol. The molecule has 1 aliphatic heterocycles. The molecular weight excluding hydrogens is 240 g/mol. The summed E-state index contributed by atoms with van der Waals surface area (Å²) in [6.07, 6.45) is 4.76. The molecule has 3 N–H and O–H groups in total. The lowest BCUT2D eigenvalue weighted by molar-refractivity contribution is 0.346. The summed E-state index contributed by atoms with van der Waals surface area (Å²) in [4.78, 5) is 19.0. The fourth-order valence-corrected chi connectivity index (χ4v) is 2.76. The minimum atomic E-state index is -0.0478. The summed E-state index contributed by atoms with van der Waals surface area (Å²) >= 11 is 0. The van der Waals surface area contributed by atoms with E-state index in [9.17, 15) is 4.79 Å². The third-order valence-corrected chi connectivity index (χ3v) is 4.14. The number of hydrogen-bond acceptors (Lipinski definition) is 4. The Labute approximate surface area is 113 Å². The Balaban J connectivity index is 1.69. The summed E-state index contributed by atoms with van der Waals surface area (Å²) in [6, 6.07) is 1.91. The summed E-state index contributed by atoms with van der Waals surface area (Å²) in [5, 5.41) is 6.83. The maximum atomic E-state index is 11.7. The van der Waals surface area contributed by atoms with Gasteiger partial charge in [0.05, 0.1) is 0 Å². The van der Waals surface area contributed by atoms with E-state index in [1.807, 2.05) is 0 Å². The zero-order chi connectivity index (χ0) is 13.2. The van der Waals surface area contributed by atoms with Crippen molar-refractivity contribution in [2.75, 3.05) is 18.4 Å². The van der Waals surface area contributed by atoms with Gasteiger partial charge in [-0.3, -0.25) is 4.79 Å². The van der Waals surface area contributed by atoms with Crippen LogP contribution in [0.2, 0.25) is 0 Å². The van der Waals surface area contributed by atoms with E-state index in [2.05, 4.69) is 27.5 Å². The van der Waals surface area contributed by atoms with Crippen molar-refractivity contribution in [2.45, 2.75) is 44.6 Å². The number of hydrogen-bond donors (Lipinski definition) is 3. The highest BCUT2D eigenvalue weighted by Gasteiger charge is 2.27. The van der Waals surface area contributed by atoms with Gasteiger partial charge in [0, 0.05) is 18.0 Å². The number of anilines is 1. The molecule has 1 aliphatic carbocycles. The van der Waals surface area contributed by atoms with Crippen molar-refractivity contribution in [3.8, 4) is 0 Å². The van der Waals surface area contributed by atoms with Crippen LogP contribution in [0.4, 0.5) is 5.82 Å². The molecule has 104 valence electrons. The van der Waals surface area contributed by atoms with E-state index in [4.69, 9.17) is 0 Å². The molecule has 2 unspecified atom stereocenters. The molecule has 0 aromatic carbocycles. The van der Waals surface area contributed by atoms with Crippen LogP contribution in [0, 0.1) is 5.92 Å². The van der Waals surface area contributed by atoms with Gasteiger partial charge in [-0.1, -0.05) is 0 Å². The molecule has 2 fully saturated rings. The summed E-state index contributed by atoms with van der Waals surface area (Å²) in [5.74, 6) is 2.66. The van der Waals surface area contributed by atoms with Crippen LogP contribution in [-0.2, 0) is 0 Å². The molecular formula is C14H22N4O. The quantitative estimate of drug-likeness (QED) is 0.768. The van der Waals surface area contributed by atoms with Crippen molar-refractivity contribution in [3.05, 3.63) is 22.2 Å². The van der Waals surface area contributed by atoms with Crippen LogP contribution in [0.1, 0.15) is 44.3 Å². The molecule has 3 rings (SSSR count). The second-order valence-corrected chi connectivity index (χ2v) is 5.83. The van der Waals surface area contributed by atoms with Gasteiger partial charge in [0.2, 0.25) is 0 Å². The van der Waals surface area contributed by atoms with E-state index in [0.29, 0.717) is 17.9 Å². The third-order valence-electron chi connectivity index (χ3n) is 4.14. The first kappa shape index (κ1) is 12.7. The molecule has 1 aromatic heterocycles. The topological polar surface area (TPSA) is 69.8 Å². The van der Waals surface area contributed by atoms with Crippen LogP contribution in [0.15, 0.2) is 10.9 Å². The van der Waals surface area contributed by atoms with Gasteiger partial charge in [-0.15, -0.1) is 0 Å². The van der Waals surface area contributed by atoms with Crippen LogP contribution in [0.3, 0.4) is 0 Å². The van der Waals surface area contributed by atoms with Gasteiger partial charge in [-0.2, -0.15) is 0 Å². The van der Waals surface area contributed by atoms with Gasteiger partial charge in [0.15, 0.2) is 0 Å². The summed E-state index contributed by atoms with van der Waals surface area (Å²) in [5.41, 5.74) is -0.0478. The van der Waals surface area contributed by atoms with E-state index in [1.54, 1.807) is 6.07 Å². The smallest absolute Gasteiger partial charge is 0.252 e. The number of nitrogens with zero attached hydrogens (tertiary/aromatic N) is 1. The first-order chi connectivity index (χ1) is 9.22. The van der Waals surface area contributed by atoms with E-state index >= 15 is 0 Å². The highest BCUT2D eigenvalue weighted by atomic mass is 16.1. The molecule has 1 saturated carbocycles. The zero-order valence-electron chi connectivity index (χ0n) is 11.4. The van der Waals surface area contributed by atoms with Gasteiger partial charge in [-0.05, 0) is 51.6 Å². The lowest BCUT2D eigenvalue weighted by atomic mass is 9.93. The molecule has 1 saturated heterocycles. The highest BCUT2D eigenvalue weighted by Crippen LogP contribution is 2.37. The monoisotopic (exact) mass is 262 g/mol. The van der Waals surface area contributed by atoms with Crippen LogP contribution in [-0.4, -0.2) is 29.1 Å². The molecule has 0 radical (unpaired) electrons. The van der Waals surface area contributed by atoms with Gasteiger partial charge < -0.3 is 15.6 Å². The summed E-state index contributed by atoms with van der Waals surface area (Å²) in [7, 11) is 0. The minimum absolute atomic E-state index is 0.0478. The summed E-state index contributed by atoms with van der Waals surface area (Å²) < 4.78 is 0. The first-order valence-electron chi connectivity index (χ1n) is 7.31. The maximum absolute atomic E-state index is 11.7. The lowest BCUT2D eigenvalue weighted by Crippen LogP contribution is -2.39. The highest BCUT2D eigenvalue weighted by molar-refractivity contribution is 5.35. The molecule has 2 atom stereocenters. The Morgan fingerprint density at radius 3 is 2.95 bits per heavy atom. The van der Waals surface area contributed by atoms with Crippen LogP contribution in [0.25, 0.3) is 0 Å². The Morgan fingerprint density at radius 2 is 2.26 bits per heavy atom. The first-order valence-corrected chi connectivity index (χ1v) is 7.31. The fourth-order valence-electron chi connectivity index (χ4n) is 2.76. The SMILES string of the molecule is CC(Nc1cc(=O)[nH]c(C2CC2)n1)C1CCCNC1. The van der Waals surface area contributed by atoms with Crippen LogP contribution >= 0.6 is 0 Å². The molecule has 5 nitrogen and oxygen atoms in total. The Kier molecular flexibility index (Phi) is 3.55. The van der Waals surface area contributed by atoms with E-state index < -0.39 is 0 Å². The molecule has 0 amide bonds. The Bertz CT molecular complexity index is 488. The number of nitrogens with one attached hydrogen (secondary N) is 3. The van der Waals surface area contributed by atoms with Crippen molar-refractivity contribution in [2.24, 2.45) is 5.92 Å². The van der Waals surface area contributed by atoms with Gasteiger partial charge in [0.25, 0.3) is 5.56 Å². The van der Waals surface area contributed by atoms with Crippen molar-refractivity contribution < 1.29 is 0 Å². The van der Waals surface area contributed by atoms with Crippen molar-refractivity contribution in [1.29, 1.82) is 0 Å². The third kappa shape index (κ3) is 3.15.